The van der Waals surface area contributed by atoms with Crippen molar-refractivity contribution in [2.45, 2.75) is 0 Å². The molecule has 1 aromatic carbocycles. The van der Waals surface area contributed by atoms with Crippen LogP contribution >= 0.6 is 11.6 Å². The molecule has 6 heteroatoms. The molecule has 5 nitrogen and oxygen atoms in total. The first-order valence-electron chi connectivity index (χ1n) is 5.10. The molecule has 0 radical (unpaired) electrons. The summed E-state index contributed by atoms with van der Waals surface area (Å²) < 4.78 is 5.66. The smallest absolute Gasteiger partial charge is 0.337 e. The number of carbonyl (C=O) groups excluding carboxylic acids is 2. The van der Waals surface area contributed by atoms with Gasteiger partial charge < -0.3 is 9.84 Å². The number of aromatic nitrogens is 1. The highest BCUT2D eigenvalue weighted by molar-refractivity contribution is 6.28. The van der Waals surface area contributed by atoms with Gasteiger partial charge in [-0.3, -0.25) is 4.79 Å². The van der Waals surface area contributed by atoms with Gasteiger partial charge in [-0.15, -0.1) is 11.6 Å². The Labute approximate surface area is 108 Å². The number of halogens is 1. The molecule has 0 atom stereocenters. The molecule has 1 N–H and O–H groups in total. The third-order valence-electron chi connectivity index (χ3n) is 2.57. The summed E-state index contributed by atoms with van der Waals surface area (Å²) in [5.74, 6) is -1.45. The van der Waals surface area contributed by atoms with Crippen LogP contribution in [0.2, 0.25) is 0 Å². The summed E-state index contributed by atoms with van der Waals surface area (Å²) in [7, 11) is 1.27. The maximum atomic E-state index is 11.6. The number of nitrogens with zero attached hydrogens (tertiary/aromatic N) is 1. The van der Waals surface area contributed by atoms with E-state index in [-0.39, 0.29) is 11.8 Å². The SMILES string of the molecule is COC(=O)c1ccc2cc(O)n(C(=O)CCl)c2c1. The molecule has 94 valence electrons. The van der Waals surface area contributed by atoms with E-state index in [1.807, 2.05) is 0 Å². The van der Waals surface area contributed by atoms with Crippen molar-refractivity contribution < 1.29 is 19.4 Å². The van der Waals surface area contributed by atoms with Gasteiger partial charge in [0.25, 0.3) is 0 Å². The molecular weight excluding hydrogens is 258 g/mol. The average molecular weight is 268 g/mol. The quantitative estimate of drug-likeness (QED) is 0.668. The lowest BCUT2D eigenvalue weighted by atomic mass is 10.1. The highest BCUT2D eigenvalue weighted by Gasteiger charge is 2.15. The average Bonchev–Trinajstić information content (AvgIpc) is 2.71. The highest BCUT2D eigenvalue weighted by atomic mass is 35.5. The van der Waals surface area contributed by atoms with E-state index in [2.05, 4.69) is 4.74 Å². The molecule has 18 heavy (non-hydrogen) atoms. The van der Waals surface area contributed by atoms with Gasteiger partial charge in [-0.1, -0.05) is 6.07 Å². The van der Waals surface area contributed by atoms with Gasteiger partial charge in [0, 0.05) is 11.5 Å². The van der Waals surface area contributed by atoms with E-state index < -0.39 is 11.9 Å². The summed E-state index contributed by atoms with van der Waals surface area (Å²) in [5.41, 5.74) is 0.716. The van der Waals surface area contributed by atoms with E-state index in [9.17, 15) is 14.7 Å². The number of rotatable bonds is 2. The summed E-state index contributed by atoms with van der Waals surface area (Å²) >= 11 is 5.47. The Bertz CT molecular complexity index is 632. The third-order valence-corrected chi connectivity index (χ3v) is 2.80. The van der Waals surface area contributed by atoms with Crippen molar-refractivity contribution >= 4 is 34.4 Å². The maximum absolute atomic E-state index is 11.6. The van der Waals surface area contributed by atoms with E-state index in [1.54, 1.807) is 12.1 Å². The fraction of sp³-hybridized carbons (Fsp3) is 0.167. The monoisotopic (exact) mass is 267 g/mol. The number of esters is 1. The molecule has 0 bridgehead atoms. The number of alkyl halides is 1. The van der Waals surface area contributed by atoms with Crippen molar-refractivity contribution in [3.05, 3.63) is 29.8 Å². The minimum absolute atomic E-state index is 0.210. The van der Waals surface area contributed by atoms with Crippen molar-refractivity contribution in [2.24, 2.45) is 0 Å². The molecule has 2 rings (SSSR count). The normalized spacial score (nSPS) is 10.6. The number of aromatic hydroxyl groups is 1. The van der Waals surface area contributed by atoms with Crippen LogP contribution in [-0.4, -0.2) is 34.5 Å². The Hall–Kier alpha value is -2.01. The maximum Gasteiger partial charge on any atom is 0.337 e. The Balaban J connectivity index is 2.67. The Kier molecular flexibility index (Phi) is 3.25. The molecule has 0 aliphatic carbocycles. The molecular formula is C12H10ClNO4. The zero-order valence-corrected chi connectivity index (χ0v) is 10.3. The van der Waals surface area contributed by atoms with E-state index in [1.165, 1.54) is 19.2 Å². The summed E-state index contributed by atoms with van der Waals surface area (Å²) in [6.07, 6.45) is 0. The predicted molar refractivity (Wildman–Crippen MR) is 66.3 cm³/mol. The zero-order valence-electron chi connectivity index (χ0n) is 9.51. The van der Waals surface area contributed by atoms with E-state index in [4.69, 9.17) is 11.6 Å². The second kappa shape index (κ2) is 4.70. The van der Waals surface area contributed by atoms with Crippen molar-refractivity contribution in [2.75, 3.05) is 13.0 Å². The van der Waals surface area contributed by atoms with E-state index >= 15 is 0 Å². The van der Waals surface area contributed by atoms with Crippen LogP contribution in [0, 0.1) is 0 Å². The largest absolute Gasteiger partial charge is 0.494 e. The molecule has 0 saturated heterocycles. The fourth-order valence-corrected chi connectivity index (χ4v) is 1.87. The lowest BCUT2D eigenvalue weighted by Crippen LogP contribution is -2.11. The first-order chi connectivity index (χ1) is 8.58. The Morgan fingerprint density at radius 3 is 2.72 bits per heavy atom. The van der Waals surface area contributed by atoms with Gasteiger partial charge in [0.2, 0.25) is 5.91 Å². The standard InChI is InChI=1S/C12H10ClNO4/c1-18-12(17)8-3-2-7-5-10(15)14(9(7)4-8)11(16)6-13/h2-5,15H,6H2,1H3. The molecule has 0 spiro atoms. The van der Waals surface area contributed by atoms with Crippen molar-refractivity contribution in [1.82, 2.24) is 4.57 Å². The predicted octanol–water partition coefficient (Wildman–Crippen LogP) is 2.01. The topological polar surface area (TPSA) is 68.5 Å². The lowest BCUT2D eigenvalue weighted by Gasteiger charge is -2.04. The van der Waals surface area contributed by atoms with E-state index in [0.29, 0.717) is 16.5 Å². The minimum Gasteiger partial charge on any atom is -0.494 e. The summed E-state index contributed by atoms with van der Waals surface area (Å²) in [5, 5.41) is 10.3. The van der Waals surface area contributed by atoms with E-state index in [0.717, 1.165) is 4.57 Å². The first kappa shape index (κ1) is 12.4. The molecule has 2 aromatic rings. The van der Waals surface area contributed by atoms with Crippen molar-refractivity contribution in [3.63, 3.8) is 0 Å². The van der Waals surface area contributed by atoms with Gasteiger partial charge in [-0.25, -0.2) is 9.36 Å². The van der Waals surface area contributed by atoms with Crippen molar-refractivity contribution in [1.29, 1.82) is 0 Å². The number of benzene rings is 1. The Morgan fingerprint density at radius 1 is 1.39 bits per heavy atom. The van der Waals surface area contributed by atoms with Crippen LogP contribution in [0.5, 0.6) is 5.88 Å². The van der Waals surface area contributed by atoms with Gasteiger partial charge >= 0.3 is 5.97 Å². The number of carbonyl (C=O) groups is 2. The fourth-order valence-electron chi connectivity index (χ4n) is 1.75. The molecule has 1 heterocycles. The molecule has 0 fully saturated rings. The van der Waals surface area contributed by atoms with Crippen LogP contribution in [0.4, 0.5) is 0 Å². The molecule has 0 saturated carbocycles. The van der Waals surface area contributed by atoms with Crippen LogP contribution < -0.4 is 0 Å². The first-order valence-corrected chi connectivity index (χ1v) is 5.64. The molecule has 0 unspecified atom stereocenters. The summed E-state index contributed by atoms with van der Waals surface area (Å²) in [4.78, 5) is 23.0. The second-order valence-corrected chi connectivity index (χ2v) is 3.90. The van der Waals surface area contributed by atoms with Crippen LogP contribution in [0.3, 0.4) is 0 Å². The number of fused-ring (bicyclic) bond motifs is 1. The molecule has 0 aliphatic heterocycles. The van der Waals surface area contributed by atoms with Gasteiger partial charge in [0.1, 0.15) is 5.88 Å². The van der Waals surface area contributed by atoms with Gasteiger partial charge in [0.05, 0.1) is 18.2 Å². The van der Waals surface area contributed by atoms with Crippen LogP contribution in [-0.2, 0) is 4.74 Å². The number of methoxy groups -OCH3 is 1. The van der Waals surface area contributed by atoms with Gasteiger partial charge in [-0.05, 0) is 12.1 Å². The van der Waals surface area contributed by atoms with Gasteiger partial charge in [0.15, 0.2) is 5.88 Å². The molecule has 0 aliphatic rings. The Morgan fingerprint density at radius 2 is 2.11 bits per heavy atom. The van der Waals surface area contributed by atoms with Gasteiger partial charge in [-0.2, -0.15) is 0 Å². The molecule has 1 aromatic heterocycles. The summed E-state index contributed by atoms with van der Waals surface area (Å²) in [6.45, 7) is 0. The van der Waals surface area contributed by atoms with Crippen LogP contribution in [0.25, 0.3) is 10.9 Å². The van der Waals surface area contributed by atoms with Crippen LogP contribution in [0.1, 0.15) is 15.2 Å². The number of ether oxygens (including phenoxy) is 1. The zero-order chi connectivity index (χ0) is 13.3. The lowest BCUT2D eigenvalue weighted by molar-refractivity contribution is 0.0600. The molecule has 0 amide bonds. The van der Waals surface area contributed by atoms with Crippen molar-refractivity contribution in [3.8, 4) is 5.88 Å². The van der Waals surface area contributed by atoms with Crippen LogP contribution in [0.15, 0.2) is 24.3 Å². The number of hydrogen-bond donors (Lipinski definition) is 1. The minimum atomic E-state index is -0.512. The second-order valence-electron chi connectivity index (χ2n) is 3.63. The number of hydrogen-bond acceptors (Lipinski definition) is 4. The summed E-state index contributed by atoms with van der Waals surface area (Å²) in [6, 6.07) is 6.09. The highest BCUT2D eigenvalue weighted by Crippen LogP contribution is 2.25. The third kappa shape index (κ3) is 1.93.